The number of para-hydroxylation sites is 2. The van der Waals surface area contributed by atoms with Gasteiger partial charge >= 0.3 is 0 Å². The van der Waals surface area contributed by atoms with Crippen LogP contribution in [0.15, 0.2) is 73.1 Å². The van der Waals surface area contributed by atoms with Crippen molar-refractivity contribution in [2.75, 3.05) is 9.62 Å². The summed E-state index contributed by atoms with van der Waals surface area (Å²) in [7, 11) is 2.07. The fraction of sp³-hybridized carbons (Fsp3) is 0. The van der Waals surface area contributed by atoms with E-state index in [0.717, 1.165) is 0 Å². The van der Waals surface area contributed by atoms with Gasteiger partial charge in [-0.25, -0.2) is 0 Å². The lowest BCUT2D eigenvalue weighted by molar-refractivity contribution is 1.42. The largest absolute Gasteiger partial charge is 0.564 e. The number of rotatable bonds is 2. The van der Waals surface area contributed by atoms with E-state index >= 15 is 0 Å². The molecule has 1 aliphatic rings. The first kappa shape index (κ1) is 10.0. The summed E-state index contributed by atoms with van der Waals surface area (Å²) in [6.45, 7) is 0. The molecule has 0 fully saturated rings. The van der Waals surface area contributed by atoms with E-state index in [4.69, 9.17) is 0 Å². The summed E-state index contributed by atoms with van der Waals surface area (Å²) in [6, 6.07) is 20.6. The van der Waals surface area contributed by atoms with Crippen molar-refractivity contribution >= 4 is 18.9 Å². The first-order chi connectivity index (χ1) is 8.43. The highest BCUT2D eigenvalue weighted by Gasteiger charge is 2.02. The molecule has 3 rings (SSSR count). The second-order valence-electron chi connectivity index (χ2n) is 3.90. The highest BCUT2D eigenvalue weighted by molar-refractivity contribution is 6.49. The summed E-state index contributed by atoms with van der Waals surface area (Å²) in [5.41, 5.74) is 2.34. The third-order valence-corrected chi connectivity index (χ3v) is 2.75. The summed E-state index contributed by atoms with van der Waals surface area (Å²) in [5, 5.41) is 0. The summed E-state index contributed by atoms with van der Waals surface area (Å²) < 4.78 is 0. The van der Waals surface area contributed by atoms with Crippen LogP contribution >= 0.6 is 0 Å². The van der Waals surface area contributed by atoms with Crippen molar-refractivity contribution < 1.29 is 0 Å². The van der Waals surface area contributed by atoms with E-state index in [1.165, 1.54) is 11.4 Å². The van der Waals surface area contributed by atoms with Crippen molar-refractivity contribution in [1.29, 1.82) is 0 Å². The van der Waals surface area contributed by atoms with Crippen LogP contribution in [0, 0.1) is 0 Å². The molecule has 3 heteroatoms. The van der Waals surface area contributed by atoms with Crippen LogP contribution in [0.3, 0.4) is 0 Å². The van der Waals surface area contributed by atoms with Crippen LogP contribution in [0.2, 0.25) is 0 Å². The molecule has 82 valence electrons. The molecule has 17 heavy (non-hydrogen) atoms. The Kier molecular flexibility index (Phi) is 2.58. The van der Waals surface area contributed by atoms with Crippen LogP contribution in [0.25, 0.3) is 0 Å². The molecule has 0 saturated heterocycles. The molecule has 2 radical (unpaired) electrons. The minimum Gasteiger partial charge on any atom is -0.564 e. The van der Waals surface area contributed by atoms with Gasteiger partial charge in [-0.1, -0.05) is 43.9 Å². The summed E-state index contributed by atoms with van der Waals surface area (Å²) in [4.78, 5) is 4.21. The van der Waals surface area contributed by atoms with Crippen LogP contribution in [-0.4, -0.2) is 7.55 Å². The van der Waals surface area contributed by atoms with E-state index in [1.807, 2.05) is 36.4 Å². The van der Waals surface area contributed by atoms with Gasteiger partial charge in [-0.3, -0.25) is 0 Å². The predicted octanol–water partition coefficient (Wildman–Crippen LogP) is 3.02. The fourth-order valence-corrected chi connectivity index (χ4v) is 1.86. The van der Waals surface area contributed by atoms with E-state index in [-0.39, 0.29) is 0 Å². The van der Waals surface area contributed by atoms with Crippen LogP contribution in [0.1, 0.15) is 0 Å². The molecule has 0 aromatic heterocycles. The van der Waals surface area contributed by atoms with Gasteiger partial charge in [0.15, 0.2) is 0 Å². The molecular formula is C14H12BN2-. The third-order valence-electron chi connectivity index (χ3n) is 2.75. The molecule has 0 bridgehead atoms. The Hall–Kier alpha value is -2.16. The maximum Gasteiger partial charge on any atom is -0.00293 e. The average Bonchev–Trinajstić information content (AvgIpc) is 2.90. The Morgan fingerprint density at radius 2 is 1.00 bits per heavy atom. The fourth-order valence-electron chi connectivity index (χ4n) is 1.86. The van der Waals surface area contributed by atoms with Crippen molar-refractivity contribution in [2.24, 2.45) is 0 Å². The van der Waals surface area contributed by atoms with Crippen LogP contribution < -0.4 is 9.62 Å². The summed E-state index contributed by atoms with van der Waals surface area (Å²) in [5.74, 6) is 0. The minimum absolute atomic E-state index is 1.17. The van der Waals surface area contributed by atoms with Gasteiger partial charge in [-0.2, -0.15) is 0 Å². The zero-order valence-corrected chi connectivity index (χ0v) is 9.40. The lowest BCUT2D eigenvalue weighted by Crippen LogP contribution is -2.29. The Morgan fingerprint density at radius 3 is 1.41 bits per heavy atom. The van der Waals surface area contributed by atoms with Crippen LogP contribution in [0.4, 0.5) is 11.4 Å². The zero-order chi connectivity index (χ0) is 11.5. The molecule has 0 aliphatic carbocycles. The SMILES string of the molecule is [B-]1N(c2ccccc2)C=CN1c1ccccc1. The normalized spacial score (nSPS) is 14.4. The second kappa shape index (κ2) is 4.38. The number of nitrogens with zero attached hydrogens (tertiary/aromatic N) is 2. The number of anilines is 2. The van der Waals surface area contributed by atoms with Gasteiger partial charge in [-0.15, -0.1) is 0 Å². The van der Waals surface area contributed by atoms with Crippen LogP contribution in [-0.2, 0) is 0 Å². The molecule has 1 aliphatic heterocycles. The standard InChI is InChI=1S/C14H12BN2/c1-3-7-13(8-4-1)16-11-12-17(15-16)14-9-5-2-6-10-14/h1-12H/q-1. The highest BCUT2D eigenvalue weighted by Crippen LogP contribution is 2.21. The summed E-state index contributed by atoms with van der Waals surface area (Å²) in [6.07, 6.45) is 4.12. The van der Waals surface area contributed by atoms with Crippen molar-refractivity contribution in [1.82, 2.24) is 0 Å². The van der Waals surface area contributed by atoms with E-state index in [1.54, 1.807) is 0 Å². The molecule has 0 saturated carbocycles. The van der Waals surface area contributed by atoms with Gasteiger partial charge in [0.2, 0.25) is 0 Å². The van der Waals surface area contributed by atoms with Gasteiger partial charge in [-0.05, 0) is 48.0 Å². The van der Waals surface area contributed by atoms with E-state index in [0.29, 0.717) is 0 Å². The Bertz CT molecular complexity index is 463. The molecule has 0 spiro atoms. The molecule has 0 amide bonds. The van der Waals surface area contributed by atoms with Gasteiger partial charge in [0.05, 0.1) is 0 Å². The van der Waals surface area contributed by atoms with Crippen LogP contribution in [0.5, 0.6) is 0 Å². The minimum atomic E-state index is 1.17. The third kappa shape index (κ3) is 2.04. The molecule has 2 nitrogen and oxygen atoms in total. The maximum absolute atomic E-state index is 2.10. The summed E-state index contributed by atoms with van der Waals surface area (Å²) >= 11 is 0. The molecule has 1 heterocycles. The van der Waals surface area contributed by atoms with Gasteiger partial charge in [0.25, 0.3) is 0 Å². The number of benzene rings is 2. The Labute approximate surface area is 102 Å². The molecule has 2 aromatic rings. The van der Waals surface area contributed by atoms with E-state index in [9.17, 15) is 0 Å². The molecular weight excluding hydrogens is 207 g/mol. The van der Waals surface area contributed by atoms with E-state index < -0.39 is 0 Å². The lowest BCUT2D eigenvalue weighted by atomic mass is 10.0. The van der Waals surface area contributed by atoms with Gasteiger partial charge in [0, 0.05) is 0 Å². The maximum atomic E-state index is 2.10. The first-order valence-corrected chi connectivity index (χ1v) is 5.63. The van der Waals surface area contributed by atoms with Gasteiger partial charge in [0.1, 0.15) is 0 Å². The van der Waals surface area contributed by atoms with Crippen molar-refractivity contribution in [2.45, 2.75) is 0 Å². The van der Waals surface area contributed by atoms with Crippen molar-refractivity contribution in [3.8, 4) is 0 Å². The average molecular weight is 219 g/mol. The van der Waals surface area contributed by atoms with Crippen molar-refractivity contribution in [3.63, 3.8) is 0 Å². The number of hydrogen-bond donors (Lipinski definition) is 0. The molecule has 0 N–H and O–H groups in total. The predicted molar refractivity (Wildman–Crippen MR) is 72.7 cm³/mol. The lowest BCUT2D eigenvalue weighted by Gasteiger charge is -2.36. The van der Waals surface area contributed by atoms with Gasteiger partial charge < -0.3 is 9.62 Å². The monoisotopic (exact) mass is 219 g/mol. The second-order valence-corrected chi connectivity index (χ2v) is 3.90. The Balaban J connectivity index is 1.78. The zero-order valence-electron chi connectivity index (χ0n) is 9.40. The molecule has 0 unspecified atom stereocenters. The topological polar surface area (TPSA) is 6.48 Å². The number of hydrogen-bond acceptors (Lipinski definition) is 2. The first-order valence-electron chi connectivity index (χ1n) is 5.63. The smallest absolute Gasteiger partial charge is 0.00293 e. The molecule has 2 aromatic carbocycles. The molecule has 0 atom stereocenters. The Morgan fingerprint density at radius 1 is 0.588 bits per heavy atom. The highest BCUT2D eigenvalue weighted by atomic mass is 15.2. The van der Waals surface area contributed by atoms with Crippen molar-refractivity contribution in [3.05, 3.63) is 73.1 Å². The van der Waals surface area contributed by atoms with E-state index in [2.05, 4.69) is 53.8 Å². The quantitative estimate of drug-likeness (QED) is 0.716.